The van der Waals surface area contributed by atoms with Gasteiger partial charge < -0.3 is 10.5 Å². The predicted octanol–water partition coefficient (Wildman–Crippen LogP) is 1.76. The Hall–Kier alpha value is -1.02. The van der Waals surface area contributed by atoms with Crippen LogP contribution in [0, 0.1) is 5.92 Å². The fraction of sp³-hybridized carbons (Fsp3) is 0.500. The zero-order valence-corrected chi connectivity index (χ0v) is 8.62. The van der Waals surface area contributed by atoms with Crippen molar-refractivity contribution in [1.29, 1.82) is 0 Å². The lowest BCUT2D eigenvalue weighted by atomic mass is 9.99. The number of ether oxygens (including phenoxy) is 1. The van der Waals surface area contributed by atoms with E-state index >= 15 is 0 Å². The summed E-state index contributed by atoms with van der Waals surface area (Å²) in [5.41, 5.74) is 8.34. The highest BCUT2D eigenvalue weighted by Gasteiger charge is 2.12. The van der Waals surface area contributed by atoms with E-state index in [2.05, 4.69) is 25.1 Å². The standard InChI is InChI=1S/C12H17NO/c1-9(8-13)6-10-2-3-12-11(7-10)4-5-14-12/h2-3,7,9H,4-6,8,13H2,1H3. The Labute approximate surface area is 85.1 Å². The summed E-state index contributed by atoms with van der Waals surface area (Å²) in [4.78, 5) is 0. The molecule has 0 amide bonds. The largest absolute Gasteiger partial charge is 0.493 e. The van der Waals surface area contributed by atoms with Crippen LogP contribution >= 0.6 is 0 Å². The first-order valence-electron chi connectivity index (χ1n) is 5.24. The molecule has 0 saturated heterocycles. The molecule has 76 valence electrons. The molecule has 0 saturated carbocycles. The fourth-order valence-electron chi connectivity index (χ4n) is 1.85. The third-order valence-corrected chi connectivity index (χ3v) is 2.74. The SMILES string of the molecule is CC(CN)Cc1ccc2c(c1)CCO2. The molecule has 1 aliphatic rings. The lowest BCUT2D eigenvalue weighted by Crippen LogP contribution is -2.13. The number of hydrogen-bond acceptors (Lipinski definition) is 2. The molecule has 0 fully saturated rings. The molecule has 0 radical (unpaired) electrons. The zero-order chi connectivity index (χ0) is 9.97. The van der Waals surface area contributed by atoms with E-state index in [-0.39, 0.29) is 0 Å². The Morgan fingerprint density at radius 2 is 2.36 bits per heavy atom. The van der Waals surface area contributed by atoms with Crippen LogP contribution in [-0.4, -0.2) is 13.2 Å². The number of hydrogen-bond donors (Lipinski definition) is 1. The molecule has 1 aromatic rings. The molecule has 1 atom stereocenters. The van der Waals surface area contributed by atoms with E-state index < -0.39 is 0 Å². The Morgan fingerprint density at radius 1 is 1.50 bits per heavy atom. The fourth-order valence-corrected chi connectivity index (χ4v) is 1.85. The minimum absolute atomic E-state index is 0.565. The van der Waals surface area contributed by atoms with Crippen molar-refractivity contribution in [3.8, 4) is 5.75 Å². The zero-order valence-electron chi connectivity index (χ0n) is 8.62. The maximum Gasteiger partial charge on any atom is 0.122 e. The molecule has 2 rings (SSSR count). The van der Waals surface area contributed by atoms with Crippen LogP contribution < -0.4 is 10.5 Å². The summed E-state index contributed by atoms with van der Waals surface area (Å²) in [5, 5.41) is 0. The summed E-state index contributed by atoms with van der Waals surface area (Å²) in [6, 6.07) is 6.49. The third-order valence-electron chi connectivity index (χ3n) is 2.74. The quantitative estimate of drug-likeness (QED) is 0.790. The Kier molecular flexibility index (Phi) is 2.73. The van der Waals surface area contributed by atoms with Gasteiger partial charge in [0, 0.05) is 6.42 Å². The van der Waals surface area contributed by atoms with Crippen LogP contribution in [0.2, 0.25) is 0 Å². The minimum atomic E-state index is 0.565. The van der Waals surface area contributed by atoms with Gasteiger partial charge in [-0.25, -0.2) is 0 Å². The maximum absolute atomic E-state index is 5.61. The van der Waals surface area contributed by atoms with E-state index in [0.717, 1.165) is 31.7 Å². The van der Waals surface area contributed by atoms with Crippen LogP contribution in [0.25, 0.3) is 0 Å². The summed E-state index contributed by atoms with van der Waals surface area (Å²) >= 11 is 0. The molecule has 0 aliphatic carbocycles. The van der Waals surface area contributed by atoms with Crippen LogP contribution in [0.5, 0.6) is 5.75 Å². The summed E-state index contributed by atoms with van der Waals surface area (Å²) < 4.78 is 5.46. The molecule has 14 heavy (non-hydrogen) atoms. The summed E-state index contributed by atoms with van der Waals surface area (Å²) in [7, 11) is 0. The molecular formula is C12H17NO. The smallest absolute Gasteiger partial charge is 0.122 e. The first-order chi connectivity index (χ1) is 6.79. The highest BCUT2D eigenvalue weighted by atomic mass is 16.5. The van der Waals surface area contributed by atoms with E-state index in [4.69, 9.17) is 10.5 Å². The molecule has 0 spiro atoms. The van der Waals surface area contributed by atoms with Crippen molar-refractivity contribution in [2.24, 2.45) is 11.7 Å². The van der Waals surface area contributed by atoms with Crippen LogP contribution in [-0.2, 0) is 12.8 Å². The van der Waals surface area contributed by atoms with E-state index in [1.165, 1.54) is 11.1 Å². The molecule has 0 aromatic heterocycles. The molecule has 2 N–H and O–H groups in total. The monoisotopic (exact) mass is 191 g/mol. The molecule has 1 aliphatic heterocycles. The first kappa shape index (κ1) is 9.53. The lowest BCUT2D eigenvalue weighted by Gasteiger charge is -2.09. The van der Waals surface area contributed by atoms with Gasteiger partial charge in [-0.2, -0.15) is 0 Å². The second-order valence-electron chi connectivity index (χ2n) is 4.09. The molecule has 2 nitrogen and oxygen atoms in total. The van der Waals surface area contributed by atoms with Gasteiger partial charge in [0.2, 0.25) is 0 Å². The molecule has 2 heteroatoms. The molecule has 1 heterocycles. The van der Waals surface area contributed by atoms with Gasteiger partial charge in [-0.1, -0.05) is 19.1 Å². The number of nitrogens with two attached hydrogens (primary N) is 1. The number of rotatable bonds is 3. The second-order valence-corrected chi connectivity index (χ2v) is 4.09. The van der Waals surface area contributed by atoms with Crippen LogP contribution in [0.1, 0.15) is 18.1 Å². The van der Waals surface area contributed by atoms with Gasteiger partial charge >= 0.3 is 0 Å². The van der Waals surface area contributed by atoms with Gasteiger partial charge in [-0.05, 0) is 36.1 Å². The van der Waals surface area contributed by atoms with Crippen LogP contribution in [0.15, 0.2) is 18.2 Å². The second kappa shape index (κ2) is 4.01. The summed E-state index contributed by atoms with van der Waals surface area (Å²) in [6.07, 6.45) is 2.13. The van der Waals surface area contributed by atoms with Crippen molar-refractivity contribution < 1.29 is 4.74 Å². The summed E-state index contributed by atoms with van der Waals surface area (Å²) in [6.45, 7) is 3.78. The van der Waals surface area contributed by atoms with Gasteiger partial charge in [-0.3, -0.25) is 0 Å². The van der Waals surface area contributed by atoms with Crippen molar-refractivity contribution in [2.45, 2.75) is 19.8 Å². The first-order valence-corrected chi connectivity index (χ1v) is 5.24. The van der Waals surface area contributed by atoms with Crippen molar-refractivity contribution in [2.75, 3.05) is 13.2 Å². The molecule has 0 bridgehead atoms. The molecule has 1 aromatic carbocycles. The Morgan fingerprint density at radius 3 is 3.14 bits per heavy atom. The van der Waals surface area contributed by atoms with Crippen LogP contribution in [0.4, 0.5) is 0 Å². The third kappa shape index (κ3) is 1.90. The highest BCUT2D eigenvalue weighted by molar-refractivity contribution is 5.39. The van der Waals surface area contributed by atoms with Gasteiger partial charge in [0.1, 0.15) is 5.75 Å². The van der Waals surface area contributed by atoms with Gasteiger partial charge in [-0.15, -0.1) is 0 Å². The van der Waals surface area contributed by atoms with E-state index in [1.54, 1.807) is 0 Å². The van der Waals surface area contributed by atoms with Gasteiger partial charge in [0.05, 0.1) is 6.61 Å². The van der Waals surface area contributed by atoms with Crippen molar-refractivity contribution in [3.05, 3.63) is 29.3 Å². The average molecular weight is 191 g/mol. The number of benzene rings is 1. The van der Waals surface area contributed by atoms with Crippen molar-refractivity contribution in [3.63, 3.8) is 0 Å². The minimum Gasteiger partial charge on any atom is -0.493 e. The Bertz CT molecular complexity index is 322. The van der Waals surface area contributed by atoms with Gasteiger partial charge in [0.25, 0.3) is 0 Å². The normalized spacial score (nSPS) is 16.1. The Balaban J connectivity index is 2.12. The van der Waals surface area contributed by atoms with Gasteiger partial charge in [0.15, 0.2) is 0 Å². The number of fused-ring (bicyclic) bond motifs is 1. The highest BCUT2D eigenvalue weighted by Crippen LogP contribution is 2.26. The topological polar surface area (TPSA) is 35.2 Å². The van der Waals surface area contributed by atoms with E-state index in [0.29, 0.717) is 5.92 Å². The van der Waals surface area contributed by atoms with Crippen LogP contribution in [0.3, 0.4) is 0 Å². The van der Waals surface area contributed by atoms with Crippen molar-refractivity contribution in [1.82, 2.24) is 0 Å². The summed E-state index contributed by atoms with van der Waals surface area (Å²) in [5.74, 6) is 1.63. The molecular weight excluding hydrogens is 174 g/mol. The molecule has 1 unspecified atom stereocenters. The maximum atomic E-state index is 5.61. The van der Waals surface area contributed by atoms with E-state index in [9.17, 15) is 0 Å². The van der Waals surface area contributed by atoms with E-state index in [1.807, 2.05) is 0 Å². The average Bonchev–Trinajstić information content (AvgIpc) is 2.64. The lowest BCUT2D eigenvalue weighted by molar-refractivity contribution is 0.357. The van der Waals surface area contributed by atoms with Crippen molar-refractivity contribution >= 4 is 0 Å². The predicted molar refractivity (Wildman–Crippen MR) is 57.6 cm³/mol.